The number of carbonyl (C=O) groups excluding carboxylic acids is 2. The van der Waals surface area contributed by atoms with Crippen molar-refractivity contribution >= 4 is 11.8 Å². The first-order chi connectivity index (χ1) is 14.8. The lowest BCUT2D eigenvalue weighted by Crippen LogP contribution is -2.56. The van der Waals surface area contributed by atoms with E-state index in [1.165, 1.54) is 11.1 Å². The molecule has 2 aromatic carbocycles. The normalized spacial score (nSPS) is 15.3. The fourth-order valence-electron chi connectivity index (χ4n) is 4.08. The molecule has 166 valence electrons. The number of carbonyl (C=O) groups is 2. The minimum absolute atomic E-state index is 0.00435. The van der Waals surface area contributed by atoms with Gasteiger partial charge in [0, 0.05) is 25.2 Å². The van der Waals surface area contributed by atoms with E-state index >= 15 is 0 Å². The Morgan fingerprint density at radius 3 is 2.32 bits per heavy atom. The van der Waals surface area contributed by atoms with Gasteiger partial charge in [-0.15, -0.1) is 0 Å². The van der Waals surface area contributed by atoms with E-state index in [1.807, 2.05) is 44.2 Å². The number of hydrogen-bond donors (Lipinski definition) is 2. The Morgan fingerprint density at radius 1 is 1.00 bits per heavy atom. The Labute approximate surface area is 186 Å². The summed E-state index contributed by atoms with van der Waals surface area (Å²) >= 11 is 0. The lowest BCUT2D eigenvalue weighted by atomic mass is 9.93. The quantitative estimate of drug-likeness (QED) is 0.687. The molecule has 1 atom stereocenters. The highest BCUT2D eigenvalue weighted by Gasteiger charge is 2.32. The summed E-state index contributed by atoms with van der Waals surface area (Å²) in [4.78, 5) is 27.9. The van der Waals surface area contributed by atoms with Gasteiger partial charge in [0.2, 0.25) is 11.8 Å². The van der Waals surface area contributed by atoms with Crippen LogP contribution in [-0.2, 0) is 29.0 Å². The van der Waals surface area contributed by atoms with E-state index in [1.54, 1.807) is 0 Å². The summed E-state index contributed by atoms with van der Waals surface area (Å²) < 4.78 is 0. The van der Waals surface area contributed by atoms with Gasteiger partial charge >= 0.3 is 0 Å². The maximum Gasteiger partial charge on any atom is 0.242 e. The predicted molar refractivity (Wildman–Crippen MR) is 125 cm³/mol. The van der Waals surface area contributed by atoms with E-state index in [0.717, 1.165) is 25.1 Å². The van der Waals surface area contributed by atoms with Crippen LogP contribution in [0.3, 0.4) is 0 Å². The van der Waals surface area contributed by atoms with Gasteiger partial charge in [-0.1, -0.05) is 68.4 Å². The molecule has 0 aromatic heterocycles. The highest BCUT2D eigenvalue weighted by molar-refractivity contribution is 5.88. The zero-order valence-electron chi connectivity index (χ0n) is 19.2. The monoisotopic (exact) mass is 421 g/mol. The van der Waals surface area contributed by atoms with E-state index < -0.39 is 6.04 Å². The summed E-state index contributed by atoms with van der Waals surface area (Å²) in [7, 11) is 0. The van der Waals surface area contributed by atoms with Crippen molar-refractivity contribution in [3.05, 3.63) is 71.3 Å². The van der Waals surface area contributed by atoms with E-state index in [0.29, 0.717) is 6.54 Å². The Bertz CT molecular complexity index is 893. The number of amides is 2. The first kappa shape index (κ1) is 23.0. The second-order valence-electron chi connectivity index (χ2n) is 9.42. The smallest absolute Gasteiger partial charge is 0.242 e. The third kappa shape index (κ3) is 6.17. The van der Waals surface area contributed by atoms with Gasteiger partial charge in [0.05, 0.1) is 6.42 Å². The van der Waals surface area contributed by atoms with Crippen LogP contribution in [0, 0.1) is 5.92 Å². The molecule has 5 nitrogen and oxygen atoms in total. The Kier molecular flexibility index (Phi) is 7.50. The summed E-state index contributed by atoms with van der Waals surface area (Å²) in [5.41, 5.74) is 3.54. The molecule has 0 aliphatic carbocycles. The van der Waals surface area contributed by atoms with Crippen molar-refractivity contribution in [1.29, 1.82) is 0 Å². The van der Waals surface area contributed by atoms with Gasteiger partial charge in [-0.3, -0.25) is 14.5 Å². The van der Waals surface area contributed by atoms with Gasteiger partial charge in [0.15, 0.2) is 0 Å². The van der Waals surface area contributed by atoms with Gasteiger partial charge in [0.25, 0.3) is 0 Å². The van der Waals surface area contributed by atoms with Crippen LogP contribution in [-0.4, -0.2) is 41.4 Å². The zero-order valence-corrected chi connectivity index (χ0v) is 19.2. The molecular weight excluding hydrogens is 386 g/mol. The number of hydrogen-bond acceptors (Lipinski definition) is 3. The van der Waals surface area contributed by atoms with Crippen molar-refractivity contribution in [2.75, 3.05) is 13.1 Å². The van der Waals surface area contributed by atoms with E-state index in [4.69, 9.17) is 0 Å². The van der Waals surface area contributed by atoms with Crippen LogP contribution in [0.25, 0.3) is 0 Å². The Hall–Kier alpha value is -2.66. The summed E-state index contributed by atoms with van der Waals surface area (Å²) in [5.74, 6) is -0.251. The van der Waals surface area contributed by atoms with Gasteiger partial charge in [-0.25, -0.2) is 0 Å². The largest absolute Gasteiger partial charge is 0.352 e. The van der Waals surface area contributed by atoms with Crippen molar-refractivity contribution in [3.63, 3.8) is 0 Å². The van der Waals surface area contributed by atoms with E-state index in [9.17, 15) is 9.59 Å². The van der Waals surface area contributed by atoms with Gasteiger partial charge in [-0.2, -0.15) is 0 Å². The fraction of sp³-hybridized carbons (Fsp3) is 0.462. The Morgan fingerprint density at radius 2 is 1.65 bits per heavy atom. The van der Waals surface area contributed by atoms with Gasteiger partial charge in [-0.05, 0) is 42.9 Å². The highest BCUT2D eigenvalue weighted by Crippen LogP contribution is 2.25. The van der Waals surface area contributed by atoms with Crippen LogP contribution in [0.2, 0.25) is 0 Å². The van der Waals surface area contributed by atoms with Crippen LogP contribution in [0.4, 0.5) is 0 Å². The molecule has 0 spiro atoms. The van der Waals surface area contributed by atoms with Crippen LogP contribution in [0.5, 0.6) is 0 Å². The molecule has 0 saturated carbocycles. The topological polar surface area (TPSA) is 61.4 Å². The van der Waals surface area contributed by atoms with Crippen LogP contribution >= 0.6 is 0 Å². The Balaban J connectivity index is 1.56. The number of nitrogens with one attached hydrogen (secondary N) is 2. The molecule has 31 heavy (non-hydrogen) atoms. The first-order valence-corrected chi connectivity index (χ1v) is 11.2. The first-order valence-electron chi connectivity index (χ1n) is 11.2. The molecule has 1 aliphatic heterocycles. The van der Waals surface area contributed by atoms with Crippen molar-refractivity contribution in [2.45, 2.75) is 58.7 Å². The van der Waals surface area contributed by atoms with Gasteiger partial charge < -0.3 is 10.6 Å². The molecule has 0 saturated heterocycles. The summed E-state index contributed by atoms with van der Waals surface area (Å²) in [6.07, 6.45) is 1.30. The lowest BCUT2D eigenvalue weighted by Gasteiger charge is -2.42. The molecule has 1 aliphatic rings. The average molecular weight is 422 g/mol. The maximum absolute atomic E-state index is 13.0. The molecule has 1 unspecified atom stereocenters. The highest BCUT2D eigenvalue weighted by atomic mass is 16.2. The molecule has 2 amide bonds. The molecule has 0 fully saturated rings. The summed E-state index contributed by atoms with van der Waals surface area (Å²) in [6, 6.07) is 17.6. The molecule has 1 heterocycles. The molecule has 2 N–H and O–H groups in total. The minimum Gasteiger partial charge on any atom is -0.352 e. The molecular formula is C26H35N3O2. The third-order valence-corrected chi connectivity index (χ3v) is 6.16. The van der Waals surface area contributed by atoms with Crippen molar-refractivity contribution < 1.29 is 9.59 Å². The van der Waals surface area contributed by atoms with E-state index in [2.05, 4.69) is 53.6 Å². The maximum atomic E-state index is 13.0. The second kappa shape index (κ2) is 10.1. The summed E-state index contributed by atoms with van der Waals surface area (Å²) in [6.45, 7) is 10.6. The molecule has 3 rings (SSSR count). The van der Waals surface area contributed by atoms with E-state index in [-0.39, 0.29) is 29.7 Å². The summed E-state index contributed by atoms with van der Waals surface area (Å²) in [5, 5.41) is 6.03. The molecule has 5 heteroatoms. The number of rotatable bonds is 8. The zero-order chi connectivity index (χ0) is 22.4. The fourth-order valence-corrected chi connectivity index (χ4v) is 4.08. The van der Waals surface area contributed by atoms with Crippen LogP contribution < -0.4 is 10.6 Å². The van der Waals surface area contributed by atoms with Crippen molar-refractivity contribution in [3.8, 4) is 0 Å². The number of nitrogens with zero attached hydrogens (tertiary/aromatic N) is 1. The average Bonchev–Trinajstić information content (AvgIpc) is 2.76. The van der Waals surface area contributed by atoms with Gasteiger partial charge in [0.1, 0.15) is 6.04 Å². The third-order valence-electron chi connectivity index (χ3n) is 6.16. The molecule has 0 bridgehead atoms. The van der Waals surface area contributed by atoms with Crippen molar-refractivity contribution in [2.24, 2.45) is 5.92 Å². The van der Waals surface area contributed by atoms with Crippen LogP contribution in [0.1, 0.15) is 44.4 Å². The van der Waals surface area contributed by atoms with Crippen LogP contribution in [0.15, 0.2) is 54.6 Å². The minimum atomic E-state index is -0.547. The molecule has 0 radical (unpaired) electrons. The number of benzene rings is 2. The number of fused-ring (bicyclic) bond motifs is 1. The predicted octanol–water partition coefficient (Wildman–Crippen LogP) is 3.32. The SMILES string of the molecule is CC(C)C(NC(=O)Cc1ccccc1)C(=O)NCC(C)(C)N1CCc2ccccc2C1. The standard InChI is InChI=1S/C26H35N3O2/c1-19(2)24(28-23(30)16-20-10-6-5-7-11-20)25(31)27-18-26(3,4)29-15-14-21-12-8-9-13-22(21)17-29/h5-13,19,24H,14-18H2,1-4H3,(H,27,31)(H,28,30). The van der Waals surface area contributed by atoms with Crippen molar-refractivity contribution in [1.82, 2.24) is 15.5 Å². The second-order valence-corrected chi connectivity index (χ2v) is 9.42. The lowest BCUT2D eigenvalue weighted by molar-refractivity contribution is -0.130. The molecule has 2 aromatic rings.